The predicted octanol–water partition coefficient (Wildman–Crippen LogP) is 2.64. The second-order valence-corrected chi connectivity index (χ2v) is 3.58. The van der Waals surface area contributed by atoms with E-state index in [4.69, 9.17) is 9.47 Å². The lowest BCUT2D eigenvalue weighted by Crippen LogP contribution is -2.28. The molecule has 0 rings (SSSR count). The van der Waals surface area contributed by atoms with Crippen LogP contribution in [0.2, 0.25) is 0 Å². The molecule has 0 heterocycles. The fourth-order valence-electron chi connectivity index (χ4n) is 1.20. The molecule has 0 bridgehead atoms. The van der Waals surface area contributed by atoms with Crippen LogP contribution in [-0.2, 0) is 9.47 Å². The molecule has 0 radical (unpaired) electrons. The van der Waals surface area contributed by atoms with Crippen LogP contribution in [0.3, 0.4) is 0 Å². The van der Waals surface area contributed by atoms with Crippen LogP contribution in [-0.4, -0.2) is 26.4 Å². The fourth-order valence-corrected chi connectivity index (χ4v) is 1.20. The number of hydrogen-bond donors (Lipinski definition) is 0. The Morgan fingerprint density at radius 1 is 1.15 bits per heavy atom. The van der Waals surface area contributed by atoms with Crippen molar-refractivity contribution < 1.29 is 9.47 Å². The molecule has 0 spiro atoms. The molecule has 2 heteroatoms. The molecule has 0 aliphatic heterocycles. The van der Waals surface area contributed by atoms with Crippen molar-refractivity contribution in [1.82, 2.24) is 0 Å². The maximum Gasteiger partial charge on any atom is 0.0544 e. The van der Waals surface area contributed by atoms with E-state index in [1.807, 2.05) is 19.9 Å². The Hall–Kier alpha value is -0.340. The Morgan fingerprint density at radius 2 is 1.62 bits per heavy atom. The molecule has 0 saturated carbocycles. The van der Waals surface area contributed by atoms with Gasteiger partial charge in [-0.2, -0.15) is 0 Å². The zero-order valence-corrected chi connectivity index (χ0v) is 9.14. The van der Waals surface area contributed by atoms with Crippen LogP contribution in [0.1, 0.15) is 27.2 Å². The molecule has 0 aliphatic rings. The van der Waals surface area contributed by atoms with E-state index in [9.17, 15) is 0 Å². The number of allylic oxidation sites excluding steroid dienone is 1. The summed E-state index contributed by atoms with van der Waals surface area (Å²) in [6, 6.07) is 0. The molecule has 0 unspecified atom stereocenters. The van der Waals surface area contributed by atoms with Gasteiger partial charge in [-0.1, -0.05) is 13.0 Å². The first kappa shape index (κ1) is 12.7. The first-order valence-corrected chi connectivity index (χ1v) is 4.95. The van der Waals surface area contributed by atoms with Crippen molar-refractivity contribution >= 4 is 0 Å². The van der Waals surface area contributed by atoms with Crippen LogP contribution >= 0.6 is 0 Å². The zero-order valence-electron chi connectivity index (χ0n) is 9.14. The normalized spacial score (nSPS) is 11.6. The first-order chi connectivity index (χ1) is 6.18. The Balaban J connectivity index is 3.90. The lowest BCUT2D eigenvalue weighted by atomic mass is 9.89. The van der Waals surface area contributed by atoms with E-state index in [1.165, 1.54) is 0 Å². The predicted molar refractivity (Wildman–Crippen MR) is 55.9 cm³/mol. The third-order valence-electron chi connectivity index (χ3n) is 1.95. The van der Waals surface area contributed by atoms with Crippen LogP contribution in [0.15, 0.2) is 12.7 Å². The van der Waals surface area contributed by atoms with Gasteiger partial charge in [-0.05, 0) is 20.3 Å². The highest BCUT2D eigenvalue weighted by atomic mass is 16.5. The van der Waals surface area contributed by atoms with Crippen LogP contribution in [0.4, 0.5) is 0 Å². The van der Waals surface area contributed by atoms with E-state index >= 15 is 0 Å². The minimum absolute atomic E-state index is 0.0910. The zero-order chi connectivity index (χ0) is 10.2. The molecule has 0 N–H and O–H groups in total. The Kier molecular flexibility index (Phi) is 6.92. The maximum atomic E-state index is 5.42. The Labute approximate surface area is 81.9 Å². The lowest BCUT2D eigenvalue weighted by molar-refractivity contribution is -0.00474. The Morgan fingerprint density at radius 3 is 1.92 bits per heavy atom. The lowest BCUT2D eigenvalue weighted by Gasteiger charge is -2.27. The summed E-state index contributed by atoms with van der Waals surface area (Å²) in [5, 5.41) is 0. The molecule has 0 aromatic rings. The van der Waals surface area contributed by atoms with Crippen molar-refractivity contribution in [3.05, 3.63) is 12.7 Å². The molecular weight excluding hydrogens is 164 g/mol. The van der Waals surface area contributed by atoms with E-state index in [2.05, 4.69) is 13.5 Å². The van der Waals surface area contributed by atoms with E-state index in [-0.39, 0.29) is 5.41 Å². The highest BCUT2D eigenvalue weighted by Crippen LogP contribution is 2.22. The van der Waals surface area contributed by atoms with Gasteiger partial charge >= 0.3 is 0 Å². The van der Waals surface area contributed by atoms with Gasteiger partial charge in [0.15, 0.2) is 0 Å². The highest BCUT2D eigenvalue weighted by Gasteiger charge is 2.22. The summed E-state index contributed by atoms with van der Waals surface area (Å²) in [4.78, 5) is 0. The molecule has 0 aromatic carbocycles. The van der Waals surface area contributed by atoms with Gasteiger partial charge in [0.05, 0.1) is 13.2 Å². The van der Waals surface area contributed by atoms with Gasteiger partial charge in [0, 0.05) is 18.6 Å². The minimum atomic E-state index is 0.0910. The smallest absolute Gasteiger partial charge is 0.0544 e. The third-order valence-corrected chi connectivity index (χ3v) is 1.95. The standard InChI is InChI=1S/C11H22O2/c1-5-8-11(4,9-12-6-2)10-13-7-3/h5H,1,6-10H2,2-4H3. The first-order valence-electron chi connectivity index (χ1n) is 4.95. The van der Waals surface area contributed by atoms with Gasteiger partial charge in [0.25, 0.3) is 0 Å². The van der Waals surface area contributed by atoms with Crippen LogP contribution in [0.25, 0.3) is 0 Å². The summed E-state index contributed by atoms with van der Waals surface area (Å²) in [5.74, 6) is 0. The minimum Gasteiger partial charge on any atom is -0.381 e. The Bertz CT molecular complexity index is 124. The molecule has 0 amide bonds. The molecule has 0 atom stereocenters. The largest absolute Gasteiger partial charge is 0.381 e. The van der Waals surface area contributed by atoms with Crippen molar-refractivity contribution in [3.8, 4) is 0 Å². The summed E-state index contributed by atoms with van der Waals surface area (Å²) < 4.78 is 10.8. The van der Waals surface area contributed by atoms with E-state index < -0.39 is 0 Å². The van der Waals surface area contributed by atoms with Crippen molar-refractivity contribution in [3.63, 3.8) is 0 Å². The molecule has 0 fully saturated rings. The molecule has 0 aromatic heterocycles. The SMILES string of the molecule is C=CCC(C)(COCC)COCC. The second-order valence-electron chi connectivity index (χ2n) is 3.58. The van der Waals surface area contributed by atoms with Crippen molar-refractivity contribution in [2.45, 2.75) is 27.2 Å². The summed E-state index contributed by atoms with van der Waals surface area (Å²) in [5.41, 5.74) is 0.0910. The molecule has 0 aliphatic carbocycles. The maximum absolute atomic E-state index is 5.42. The third kappa shape index (κ3) is 5.83. The topological polar surface area (TPSA) is 18.5 Å². The average molecular weight is 186 g/mol. The monoisotopic (exact) mass is 186 g/mol. The second kappa shape index (κ2) is 7.10. The van der Waals surface area contributed by atoms with Crippen molar-refractivity contribution in [2.75, 3.05) is 26.4 Å². The summed E-state index contributed by atoms with van der Waals surface area (Å²) in [6.45, 7) is 13.0. The highest BCUT2D eigenvalue weighted by molar-refractivity contribution is 4.82. The van der Waals surface area contributed by atoms with Gasteiger partial charge in [-0.3, -0.25) is 0 Å². The van der Waals surface area contributed by atoms with Gasteiger partial charge in [0.2, 0.25) is 0 Å². The number of rotatable bonds is 8. The molecule has 2 nitrogen and oxygen atoms in total. The van der Waals surface area contributed by atoms with Crippen molar-refractivity contribution in [2.24, 2.45) is 5.41 Å². The van der Waals surface area contributed by atoms with Crippen molar-refractivity contribution in [1.29, 1.82) is 0 Å². The summed E-state index contributed by atoms with van der Waals surface area (Å²) in [6.07, 6.45) is 2.87. The summed E-state index contributed by atoms with van der Waals surface area (Å²) >= 11 is 0. The fraction of sp³-hybridized carbons (Fsp3) is 0.818. The quantitative estimate of drug-likeness (QED) is 0.542. The summed E-state index contributed by atoms with van der Waals surface area (Å²) in [7, 11) is 0. The molecule has 0 saturated heterocycles. The van der Waals surface area contributed by atoms with Gasteiger partial charge in [-0.15, -0.1) is 6.58 Å². The number of ether oxygens (including phenoxy) is 2. The van der Waals surface area contributed by atoms with Crippen LogP contribution < -0.4 is 0 Å². The van der Waals surface area contributed by atoms with E-state index in [0.29, 0.717) is 0 Å². The van der Waals surface area contributed by atoms with Gasteiger partial charge < -0.3 is 9.47 Å². The molecule has 13 heavy (non-hydrogen) atoms. The van der Waals surface area contributed by atoms with Gasteiger partial charge in [0.1, 0.15) is 0 Å². The van der Waals surface area contributed by atoms with E-state index in [0.717, 1.165) is 32.8 Å². The average Bonchev–Trinajstić information content (AvgIpc) is 2.12. The van der Waals surface area contributed by atoms with Gasteiger partial charge in [-0.25, -0.2) is 0 Å². The molecular formula is C11H22O2. The van der Waals surface area contributed by atoms with E-state index in [1.54, 1.807) is 0 Å². The molecule has 78 valence electrons. The number of hydrogen-bond acceptors (Lipinski definition) is 2. The van der Waals surface area contributed by atoms with Crippen LogP contribution in [0, 0.1) is 5.41 Å². The van der Waals surface area contributed by atoms with Crippen LogP contribution in [0.5, 0.6) is 0 Å².